The van der Waals surface area contributed by atoms with Crippen LogP contribution >= 0.6 is 11.3 Å². The number of sulfone groups is 1. The highest BCUT2D eigenvalue weighted by Gasteiger charge is 2.38. The van der Waals surface area contributed by atoms with E-state index in [2.05, 4.69) is 0 Å². The molecule has 0 spiro atoms. The Hall–Kier alpha value is -2.00. The molecule has 2 aliphatic rings. The topological polar surface area (TPSA) is 93.6 Å². The van der Waals surface area contributed by atoms with E-state index in [1.165, 1.54) is 4.90 Å². The summed E-state index contributed by atoms with van der Waals surface area (Å²) in [5.41, 5.74) is 0.942. The molecule has 2 aromatic rings. The van der Waals surface area contributed by atoms with Crippen LogP contribution in [-0.4, -0.2) is 60.9 Å². The van der Waals surface area contributed by atoms with Gasteiger partial charge in [0.2, 0.25) is 0 Å². The molecule has 31 heavy (non-hydrogen) atoms. The quantitative estimate of drug-likeness (QED) is 0.631. The lowest BCUT2D eigenvalue weighted by Crippen LogP contribution is -2.44. The molecule has 0 bridgehead atoms. The fourth-order valence-electron chi connectivity index (χ4n) is 4.62. The SMILES string of the molecule is CC(OC(=O)C1CCCCC1c1nc2ccccc2s1)C(=O)N(C)C1CCS(=O)(=O)C1. The molecule has 7 nitrogen and oxygen atoms in total. The highest BCUT2D eigenvalue weighted by molar-refractivity contribution is 7.91. The summed E-state index contributed by atoms with van der Waals surface area (Å²) in [6, 6.07) is 7.59. The van der Waals surface area contributed by atoms with E-state index in [4.69, 9.17) is 9.72 Å². The zero-order valence-electron chi connectivity index (χ0n) is 17.8. The van der Waals surface area contributed by atoms with Crippen LogP contribution < -0.4 is 0 Å². The highest BCUT2D eigenvalue weighted by atomic mass is 32.2. The Morgan fingerprint density at radius 2 is 1.94 bits per heavy atom. The highest BCUT2D eigenvalue weighted by Crippen LogP contribution is 2.41. The van der Waals surface area contributed by atoms with Gasteiger partial charge in [-0.15, -0.1) is 11.3 Å². The third kappa shape index (κ3) is 4.77. The van der Waals surface area contributed by atoms with Crippen LogP contribution in [0.1, 0.15) is 50.0 Å². The number of hydrogen-bond acceptors (Lipinski definition) is 7. The van der Waals surface area contributed by atoms with Crippen LogP contribution in [-0.2, 0) is 24.2 Å². The summed E-state index contributed by atoms with van der Waals surface area (Å²) < 4.78 is 30.2. The minimum Gasteiger partial charge on any atom is -0.452 e. The minimum absolute atomic E-state index is 0.00124. The van der Waals surface area contributed by atoms with E-state index in [0.717, 1.165) is 40.9 Å². The molecule has 0 radical (unpaired) electrons. The number of para-hydroxylation sites is 1. The van der Waals surface area contributed by atoms with Gasteiger partial charge in [0.15, 0.2) is 15.9 Å². The van der Waals surface area contributed by atoms with E-state index in [1.54, 1.807) is 25.3 Å². The molecule has 168 valence electrons. The first-order valence-corrected chi connectivity index (χ1v) is 13.4. The van der Waals surface area contributed by atoms with Crippen molar-refractivity contribution in [1.82, 2.24) is 9.88 Å². The first-order chi connectivity index (χ1) is 14.7. The van der Waals surface area contributed by atoms with Gasteiger partial charge < -0.3 is 9.64 Å². The number of likely N-dealkylation sites (N-methyl/N-ethyl adjacent to an activating group) is 1. The lowest BCUT2D eigenvalue weighted by atomic mass is 9.79. The van der Waals surface area contributed by atoms with Gasteiger partial charge in [0.1, 0.15) is 0 Å². The molecule has 4 rings (SSSR count). The van der Waals surface area contributed by atoms with Crippen molar-refractivity contribution in [1.29, 1.82) is 0 Å². The summed E-state index contributed by atoms with van der Waals surface area (Å²) in [4.78, 5) is 32.0. The Balaban J connectivity index is 1.44. The van der Waals surface area contributed by atoms with Crippen molar-refractivity contribution in [3.05, 3.63) is 29.3 Å². The van der Waals surface area contributed by atoms with Crippen LogP contribution in [0, 0.1) is 5.92 Å². The van der Waals surface area contributed by atoms with Gasteiger partial charge in [-0.3, -0.25) is 9.59 Å². The molecule has 0 N–H and O–H groups in total. The van der Waals surface area contributed by atoms with Gasteiger partial charge >= 0.3 is 5.97 Å². The zero-order valence-corrected chi connectivity index (χ0v) is 19.5. The monoisotopic (exact) mass is 464 g/mol. The van der Waals surface area contributed by atoms with E-state index in [1.807, 2.05) is 24.3 Å². The van der Waals surface area contributed by atoms with E-state index in [9.17, 15) is 18.0 Å². The normalized spacial score (nSPS) is 26.5. The molecule has 4 unspecified atom stereocenters. The minimum atomic E-state index is -3.10. The molecule has 1 aromatic carbocycles. The molecule has 4 atom stereocenters. The third-order valence-electron chi connectivity index (χ3n) is 6.44. The van der Waals surface area contributed by atoms with Crippen molar-refractivity contribution in [2.24, 2.45) is 5.92 Å². The Labute approximate surface area is 186 Å². The number of rotatable bonds is 5. The standard InChI is InChI=1S/C22H28N2O5S2/c1-14(21(25)24(2)15-11-12-31(27,28)13-15)29-22(26)17-8-4-3-7-16(17)20-23-18-9-5-6-10-19(18)30-20/h5-6,9-10,14-17H,3-4,7-8,11-13H2,1-2H3. The number of benzene rings is 1. The number of hydrogen-bond donors (Lipinski definition) is 0. The first kappa shape index (κ1) is 22.2. The summed E-state index contributed by atoms with van der Waals surface area (Å²) in [5, 5.41) is 0.954. The van der Waals surface area contributed by atoms with Crippen LogP contribution in [0.3, 0.4) is 0 Å². The summed E-state index contributed by atoms with van der Waals surface area (Å²) in [6.45, 7) is 1.57. The molecule has 1 aliphatic heterocycles. The average Bonchev–Trinajstić information content (AvgIpc) is 3.35. The predicted octanol–water partition coefficient (Wildman–Crippen LogP) is 3.15. The second-order valence-corrected chi connectivity index (χ2v) is 11.9. The smallest absolute Gasteiger partial charge is 0.310 e. The van der Waals surface area contributed by atoms with E-state index in [-0.39, 0.29) is 41.3 Å². The molecule has 9 heteroatoms. The van der Waals surface area contributed by atoms with Crippen molar-refractivity contribution in [2.75, 3.05) is 18.6 Å². The maximum Gasteiger partial charge on any atom is 0.310 e. The van der Waals surface area contributed by atoms with Gasteiger partial charge in [0.25, 0.3) is 5.91 Å². The molecule has 1 aliphatic carbocycles. The lowest BCUT2D eigenvalue weighted by molar-refractivity contribution is -0.164. The average molecular weight is 465 g/mol. The summed E-state index contributed by atoms with van der Waals surface area (Å²) in [6.07, 6.45) is 3.06. The van der Waals surface area contributed by atoms with Gasteiger partial charge in [-0.05, 0) is 38.3 Å². The number of amides is 1. The molecule has 1 saturated heterocycles. The van der Waals surface area contributed by atoms with E-state index < -0.39 is 15.9 Å². The Kier molecular flexibility index (Phi) is 6.35. The summed E-state index contributed by atoms with van der Waals surface area (Å²) >= 11 is 1.62. The molecule has 2 heterocycles. The number of carbonyl (C=O) groups excluding carboxylic acids is 2. The second-order valence-electron chi connectivity index (χ2n) is 8.60. The van der Waals surface area contributed by atoms with Crippen molar-refractivity contribution in [3.63, 3.8) is 0 Å². The van der Waals surface area contributed by atoms with Crippen molar-refractivity contribution in [3.8, 4) is 0 Å². The third-order valence-corrected chi connectivity index (χ3v) is 9.36. The Bertz CT molecular complexity index is 1050. The molecule has 1 saturated carbocycles. The summed E-state index contributed by atoms with van der Waals surface area (Å²) in [5.74, 6) is -0.978. The number of aromatic nitrogens is 1. The fourth-order valence-corrected chi connectivity index (χ4v) is 7.56. The van der Waals surface area contributed by atoms with Crippen molar-refractivity contribution in [2.45, 2.75) is 57.1 Å². The van der Waals surface area contributed by atoms with Crippen LogP contribution in [0.2, 0.25) is 0 Å². The lowest BCUT2D eigenvalue weighted by Gasteiger charge is -2.31. The van der Waals surface area contributed by atoms with Crippen LogP contribution in [0.4, 0.5) is 0 Å². The van der Waals surface area contributed by atoms with Gasteiger partial charge in [0.05, 0.1) is 32.6 Å². The molecular weight excluding hydrogens is 436 g/mol. The molecular formula is C22H28N2O5S2. The largest absolute Gasteiger partial charge is 0.452 e. The van der Waals surface area contributed by atoms with Gasteiger partial charge in [-0.1, -0.05) is 25.0 Å². The maximum atomic E-state index is 13.0. The number of fused-ring (bicyclic) bond motifs is 1. The Morgan fingerprint density at radius 1 is 1.19 bits per heavy atom. The van der Waals surface area contributed by atoms with Crippen molar-refractivity contribution < 1.29 is 22.7 Å². The second kappa shape index (κ2) is 8.86. The summed E-state index contributed by atoms with van der Waals surface area (Å²) in [7, 11) is -1.51. The van der Waals surface area contributed by atoms with Gasteiger partial charge in [-0.2, -0.15) is 0 Å². The number of nitrogens with zero attached hydrogens (tertiary/aromatic N) is 2. The first-order valence-electron chi connectivity index (χ1n) is 10.8. The number of carbonyl (C=O) groups is 2. The molecule has 2 fully saturated rings. The predicted molar refractivity (Wildman–Crippen MR) is 120 cm³/mol. The zero-order chi connectivity index (χ0) is 22.2. The number of thiazole rings is 1. The number of esters is 1. The molecule has 1 amide bonds. The van der Waals surface area contributed by atoms with Crippen LogP contribution in [0.15, 0.2) is 24.3 Å². The number of ether oxygens (including phenoxy) is 1. The fraction of sp³-hybridized carbons (Fsp3) is 0.591. The van der Waals surface area contributed by atoms with E-state index in [0.29, 0.717) is 6.42 Å². The van der Waals surface area contributed by atoms with E-state index >= 15 is 0 Å². The Morgan fingerprint density at radius 3 is 2.65 bits per heavy atom. The van der Waals surface area contributed by atoms with Crippen LogP contribution in [0.25, 0.3) is 10.2 Å². The van der Waals surface area contributed by atoms with Crippen LogP contribution in [0.5, 0.6) is 0 Å². The maximum absolute atomic E-state index is 13.0. The van der Waals surface area contributed by atoms with Crippen molar-refractivity contribution >= 4 is 43.3 Å². The molecule has 1 aromatic heterocycles. The van der Waals surface area contributed by atoms with Gasteiger partial charge in [0, 0.05) is 19.0 Å². The van der Waals surface area contributed by atoms with Gasteiger partial charge in [-0.25, -0.2) is 13.4 Å².